The molecule has 1 amide bonds. The van der Waals surface area contributed by atoms with Gasteiger partial charge in [0.25, 0.3) is 5.91 Å². The van der Waals surface area contributed by atoms with Crippen molar-refractivity contribution in [2.75, 3.05) is 7.11 Å². The van der Waals surface area contributed by atoms with Crippen LogP contribution in [0.4, 0.5) is 0 Å². The standard InChI is InChI=1S/C19H20N2O2S/c1-12-17(16-9-6-10-24-16)18(19(20)22)13(2)21(12)11-14-7-4-5-8-15(14)23-3/h4-10H,11H2,1-3H3,(H2,20,22). The first-order valence-electron chi connectivity index (χ1n) is 7.69. The third kappa shape index (κ3) is 2.71. The van der Waals surface area contributed by atoms with Gasteiger partial charge in [0.1, 0.15) is 5.75 Å². The fourth-order valence-electron chi connectivity index (χ4n) is 3.15. The molecule has 4 nitrogen and oxygen atoms in total. The number of hydrogen-bond acceptors (Lipinski definition) is 3. The van der Waals surface area contributed by atoms with Crippen molar-refractivity contribution in [2.24, 2.45) is 5.73 Å². The van der Waals surface area contributed by atoms with Crippen LogP contribution in [0.15, 0.2) is 41.8 Å². The molecule has 0 aliphatic heterocycles. The molecule has 0 saturated heterocycles. The predicted octanol–water partition coefficient (Wildman–Crippen LogP) is 3.99. The second kappa shape index (κ2) is 6.53. The summed E-state index contributed by atoms with van der Waals surface area (Å²) >= 11 is 1.61. The topological polar surface area (TPSA) is 57.2 Å². The van der Waals surface area contributed by atoms with Gasteiger partial charge in [-0.25, -0.2) is 0 Å². The second-order valence-electron chi connectivity index (χ2n) is 5.66. The van der Waals surface area contributed by atoms with E-state index in [0.717, 1.165) is 33.1 Å². The molecule has 0 unspecified atom stereocenters. The summed E-state index contributed by atoms with van der Waals surface area (Å²) in [7, 11) is 1.67. The summed E-state index contributed by atoms with van der Waals surface area (Å²) in [5.41, 5.74) is 10.2. The van der Waals surface area contributed by atoms with Crippen molar-refractivity contribution in [1.82, 2.24) is 4.57 Å². The molecule has 0 fully saturated rings. The number of methoxy groups -OCH3 is 1. The lowest BCUT2D eigenvalue weighted by atomic mass is 10.1. The smallest absolute Gasteiger partial charge is 0.251 e. The number of thiophene rings is 1. The van der Waals surface area contributed by atoms with Crippen LogP contribution in [0.3, 0.4) is 0 Å². The predicted molar refractivity (Wildman–Crippen MR) is 97.8 cm³/mol. The Morgan fingerprint density at radius 3 is 2.54 bits per heavy atom. The lowest BCUT2D eigenvalue weighted by molar-refractivity contribution is 0.1000. The zero-order valence-corrected chi connectivity index (χ0v) is 14.8. The van der Waals surface area contributed by atoms with E-state index in [1.807, 2.05) is 55.6 Å². The Morgan fingerprint density at radius 1 is 1.17 bits per heavy atom. The van der Waals surface area contributed by atoms with Crippen molar-refractivity contribution in [3.8, 4) is 16.2 Å². The lowest BCUT2D eigenvalue weighted by Crippen LogP contribution is -2.13. The number of ether oxygens (including phenoxy) is 1. The summed E-state index contributed by atoms with van der Waals surface area (Å²) in [6, 6.07) is 11.9. The van der Waals surface area contributed by atoms with Crippen molar-refractivity contribution in [3.05, 3.63) is 64.3 Å². The molecule has 0 saturated carbocycles. The number of aromatic nitrogens is 1. The maximum absolute atomic E-state index is 12.1. The van der Waals surface area contributed by atoms with Crippen LogP contribution in [0.1, 0.15) is 27.3 Å². The van der Waals surface area contributed by atoms with Gasteiger partial charge in [0.05, 0.1) is 19.2 Å². The van der Waals surface area contributed by atoms with Gasteiger partial charge in [0.15, 0.2) is 0 Å². The number of benzene rings is 1. The Balaban J connectivity index is 2.16. The van der Waals surface area contributed by atoms with E-state index in [0.29, 0.717) is 12.1 Å². The zero-order chi connectivity index (χ0) is 17.3. The Hall–Kier alpha value is -2.53. The van der Waals surface area contributed by atoms with Gasteiger partial charge in [-0.1, -0.05) is 24.3 Å². The van der Waals surface area contributed by atoms with E-state index < -0.39 is 5.91 Å². The van der Waals surface area contributed by atoms with Gasteiger partial charge < -0.3 is 15.0 Å². The molecule has 0 atom stereocenters. The van der Waals surface area contributed by atoms with Gasteiger partial charge in [-0.15, -0.1) is 11.3 Å². The van der Waals surface area contributed by atoms with Gasteiger partial charge in [0.2, 0.25) is 0 Å². The first-order chi connectivity index (χ1) is 11.5. The van der Waals surface area contributed by atoms with Crippen molar-refractivity contribution in [1.29, 1.82) is 0 Å². The third-order valence-electron chi connectivity index (χ3n) is 4.32. The van der Waals surface area contributed by atoms with E-state index >= 15 is 0 Å². The number of carbonyl (C=O) groups excluding carboxylic acids is 1. The fourth-order valence-corrected chi connectivity index (χ4v) is 3.98. The summed E-state index contributed by atoms with van der Waals surface area (Å²) in [4.78, 5) is 13.1. The van der Waals surface area contributed by atoms with Crippen LogP contribution in [0, 0.1) is 13.8 Å². The van der Waals surface area contributed by atoms with Crippen LogP contribution in [0.5, 0.6) is 5.75 Å². The minimum absolute atomic E-state index is 0.391. The molecule has 2 aromatic heterocycles. The van der Waals surface area contributed by atoms with Crippen LogP contribution in [-0.2, 0) is 6.54 Å². The Labute approximate surface area is 145 Å². The summed E-state index contributed by atoms with van der Waals surface area (Å²) < 4.78 is 7.58. The van der Waals surface area contributed by atoms with Crippen LogP contribution in [0.2, 0.25) is 0 Å². The summed E-state index contributed by atoms with van der Waals surface area (Å²) in [6.07, 6.45) is 0. The van der Waals surface area contributed by atoms with Crippen molar-refractivity contribution >= 4 is 17.2 Å². The van der Waals surface area contributed by atoms with E-state index in [4.69, 9.17) is 10.5 Å². The van der Waals surface area contributed by atoms with Crippen molar-refractivity contribution in [3.63, 3.8) is 0 Å². The molecule has 1 aromatic carbocycles. The van der Waals surface area contributed by atoms with E-state index in [-0.39, 0.29) is 0 Å². The minimum Gasteiger partial charge on any atom is -0.496 e. The Bertz CT molecular complexity index is 879. The van der Waals surface area contributed by atoms with Gasteiger partial charge in [-0.2, -0.15) is 0 Å². The highest BCUT2D eigenvalue weighted by Gasteiger charge is 2.23. The molecular formula is C19H20N2O2S. The van der Waals surface area contributed by atoms with Crippen LogP contribution >= 0.6 is 11.3 Å². The van der Waals surface area contributed by atoms with Crippen molar-refractivity contribution in [2.45, 2.75) is 20.4 Å². The Kier molecular flexibility index (Phi) is 4.44. The molecule has 3 rings (SSSR count). The average molecular weight is 340 g/mol. The Morgan fingerprint density at radius 2 is 1.92 bits per heavy atom. The molecular weight excluding hydrogens is 320 g/mol. The van der Waals surface area contributed by atoms with E-state index in [2.05, 4.69) is 4.57 Å². The molecule has 2 heterocycles. The molecule has 5 heteroatoms. The van der Waals surface area contributed by atoms with Gasteiger partial charge >= 0.3 is 0 Å². The maximum Gasteiger partial charge on any atom is 0.251 e. The summed E-state index contributed by atoms with van der Waals surface area (Å²) in [6.45, 7) is 4.61. The molecule has 24 heavy (non-hydrogen) atoms. The number of para-hydroxylation sites is 1. The van der Waals surface area contributed by atoms with Gasteiger partial charge in [-0.05, 0) is 31.4 Å². The number of carbonyl (C=O) groups is 1. The quantitative estimate of drug-likeness (QED) is 0.763. The van der Waals surface area contributed by atoms with E-state index in [9.17, 15) is 4.79 Å². The zero-order valence-electron chi connectivity index (χ0n) is 14.0. The molecule has 2 N–H and O–H groups in total. The van der Waals surface area contributed by atoms with Crippen molar-refractivity contribution < 1.29 is 9.53 Å². The van der Waals surface area contributed by atoms with Crippen LogP contribution < -0.4 is 10.5 Å². The highest BCUT2D eigenvalue weighted by Crippen LogP contribution is 2.35. The summed E-state index contributed by atoms with van der Waals surface area (Å²) in [5, 5.41) is 2.01. The number of primary amides is 1. The molecule has 0 aliphatic carbocycles. The van der Waals surface area contributed by atoms with E-state index in [1.165, 1.54) is 0 Å². The third-order valence-corrected chi connectivity index (χ3v) is 5.21. The molecule has 3 aromatic rings. The summed E-state index contributed by atoms with van der Waals surface area (Å²) in [5.74, 6) is 0.445. The van der Waals surface area contributed by atoms with Gasteiger partial charge in [0, 0.05) is 27.4 Å². The first-order valence-corrected chi connectivity index (χ1v) is 8.57. The largest absolute Gasteiger partial charge is 0.496 e. The molecule has 0 aliphatic rings. The SMILES string of the molecule is COc1ccccc1Cn1c(C)c(C(N)=O)c(-c2cccs2)c1C. The molecule has 124 valence electrons. The molecule has 0 bridgehead atoms. The first kappa shape index (κ1) is 16.3. The minimum atomic E-state index is -0.391. The van der Waals surface area contributed by atoms with Crippen LogP contribution in [-0.4, -0.2) is 17.6 Å². The highest BCUT2D eigenvalue weighted by atomic mass is 32.1. The van der Waals surface area contributed by atoms with E-state index in [1.54, 1.807) is 18.4 Å². The molecule has 0 spiro atoms. The van der Waals surface area contributed by atoms with Gasteiger partial charge in [-0.3, -0.25) is 4.79 Å². The number of rotatable bonds is 5. The average Bonchev–Trinajstić information content (AvgIpc) is 3.17. The number of hydrogen-bond donors (Lipinski definition) is 1. The second-order valence-corrected chi connectivity index (χ2v) is 6.61. The number of amides is 1. The number of nitrogens with zero attached hydrogens (tertiary/aromatic N) is 1. The van der Waals surface area contributed by atoms with Crippen LogP contribution in [0.25, 0.3) is 10.4 Å². The lowest BCUT2D eigenvalue weighted by Gasteiger charge is -2.13. The highest BCUT2D eigenvalue weighted by molar-refractivity contribution is 7.13. The normalized spacial score (nSPS) is 10.8. The number of nitrogens with two attached hydrogens (primary N) is 1. The maximum atomic E-state index is 12.1. The molecule has 0 radical (unpaired) electrons. The fraction of sp³-hybridized carbons (Fsp3) is 0.211. The monoisotopic (exact) mass is 340 g/mol.